The van der Waals surface area contributed by atoms with Gasteiger partial charge in [0.15, 0.2) is 9.84 Å². The van der Waals surface area contributed by atoms with E-state index in [1.807, 2.05) is 0 Å². The van der Waals surface area contributed by atoms with Gasteiger partial charge in [-0.1, -0.05) is 12.1 Å². The summed E-state index contributed by atoms with van der Waals surface area (Å²) >= 11 is 0. The summed E-state index contributed by atoms with van der Waals surface area (Å²) in [6.07, 6.45) is 4.14. The Hall–Kier alpha value is -4.25. The molecule has 0 aliphatic rings. The van der Waals surface area contributed by atoms with Gasteiger partial charge in [-0.15, -0.1) is 0 Å². The number of methoxy groups -OCH3 is 2. The molecule has 0 unspecified atom stereocenters. The van der Waals surface area contributed by atoms with Gasteiger partial charge in [0.2, 0.25) is 5.88 Å². The number of amides is 1. The van der Waals surface area contributed by atoms with Crippen LogP contribution in [0.3, 0.4) is 0 Å². The zero-order valence-electron chi connectivity index (χ0n) is 20.1. The van der Waals surface area contributed by atoms with E-state index >= 15 is 0 Å². The minimum atomic E-state index is -3.32. The topological polar surface area (TPSA) is 129 Å². The summed E-state index contributed by atoms with van der Waals surface area (Å²) in [6.45, 7) is 2.04. The highest BCUT2D eigenvalue weighted by molar-refractivity contribution is 7.90. The van der Waals surface area contributed by atoms with E-state index in [2.05, 4.69) is 15.3 Å². The molecular weight excluding hydrogens is 484 g/mol. The number of aromatic nitrogens is 3. The van der Waals surface area contributed by atoms with E-state index < -0.39 is 21.5 Å². The van der Waals surface area contributed by atoms with E-state index in [1.54, 1.807) is 35.8 Å². The molecule has 4 aromatic rings. The number of hydrogen-bond donors (Lipinski definition) is 1. The van der Waals surface area contributed by atoms with Crippen molar-refractivity contribution in [2.45, 2.75) is 18.4 Å². The van der Waals surface area contributed by atoms with Crippen LogP contribution in [0.4, 0.5) is 5.69 Å². The van der Waals surface area contributed by atoms with Crippen molar-refractivity contribution in [1.82, 2.24) is 14.5 Å². The number of ketones is 1. The molecule has 1 N–H and O–H groups in total. The van der Waals surface area contributed by atoms with Gasteiger partial charge < -0.3 is 19.4 Å². The number of carbonyl (C=O) groups is 2. The molecule has 0 bridgehead atoms. The quantitative estimate of drug-likeness (QED) is 0.284. The van der Waals surface area contributed by atoms with Crippen molar-refractivity contribution in [2.24, 2.45) is 0 Å². The van der Waals surface area contributed by atoms with Gasteiger partial charge in [-0.2, -0.15) is 0 Å². The number of nitrogens with zero attached hydrogens (tertiary/aromatic N) is 3. The first-order chi connectivity index (χ1) is 17.1. The highest BCUT2D eigenvalue weighted by atomic mass is 32.2. The number of ether oxygens (including phenoxy) is 2. The lowest BCUT2D eigenvalue weighted by Crippen LogP contribution is -2.23. The van der Waals surface area contributed by atoms with Gasteiger partial charge >= 0.3 is 0 Å². The highest BCUT2D eigenvalue weighted by Gasteiger charge is 2.26. The zero-order valence-corrected chi connectivity index (χ0v) is 20.9. The summed E-state index contributed by atoms with van der Waals surface area (Å²) in [4.78, 5) is 34.9. The van der Waals surface area contributed by atoms with Crippen LogP contribution >= 0.6 is 0 Å². The predicted octanol–water partition coefficient (Wildman–Crippen LogP) is 3.03. The lowest BCUT2D eigenvalue weighted by atomic mass is 10.1. The Morgan fingerprint density at radius 2 is 1.75 bits per heavy atom. The zero-order chi connectivity index (χ0) is 26.0. The molecular formula is C25H24N4O6S. The fourth-order valence-corrected chi connectivity index (χ4v) is 4.47. The lowest BCUT2D eigenvalue weighted by Gasteiger charge is -2.09. The average molecular weight is 509 g/mol. The van der Waals surface area contributed by atoms with Gasteiger partial charge in [0.25, 0.3) is 11.7 Å². The van der Waals surface area contributed by atoms with E-state index in [-0.39, 0.29) is 10.5 Å². The number of sulfone groups is 1. The van der Waals surface area contributed by atoms with E-state index in [0.29, 0.717) is 40.6 Å². The first-order valence-electron chi connectivity index (χ1n) is 10.8. The van der Waals surface area contributed by atoms with Crippen LogP contribution in [-0.4, -0.2) is 55.1 Å². The van der Waals surface area contributed by atoms with E-state index in [9.17, 15) is 18.0 Å². The number of hydrogen-bond acceptors (Lipinski definition) is 8. The Balaban J connectivity index is 1.74. The lowest BCUT2D eigenvalue weighted by molar-refractivity contribution is -0.112. The number of Topliss-reactive ketones (excluding diaryl/α,β-unsaturated/α-hetero) is 1. The van der Waals surface area contributed by atoms with Crippen molar-refractivity contribution < 1.29 is 27.5 Å². The number of fused-ring (bicyclic) bond motifs is 1. The molecule has 4 rings (SSSR count). The van der Waals surface area contributed by atoms with Crippen LogP contribution in [0.5, 0.6) is 11.6 Å². The van der Waals surface area contributed by atoms with Crippen LogP contribution in [0.1, 0.15) is 21.6 Å². The summed E-state index contributed by atoms with van der Waals surface area (Å²) in [5.74, 6) is -0.838. The van der Waals surface area contributed by atoms with Gasteiger partial charge in [-0.25, -0.2) is 18.4 Å². The molecule has 0 atom stereocenters. The summed E-state index contributed by atoms with van der Waals surface area (Å²) in [5.41, 5.74) is 2.38. The molecule has 1 aromatic carbocycles. The maximum Gasteiger partial charge on any atom is 0.296 e. The number of rotatable bonds is 8. The number of anilines is 1. The normalized spacial score (nSPS) is 11.3. The first kappa shape index (κ1) is 24.9. The minimum absolute atomic E-state index is 0.197. The molecule has 11 heteroatoms. The third-order valence-electron chi connectivity index (χ3n) is 5.70. The Bertz CT molecular complexity index is 1580. The van der Waals surface area contributed by atoms with Crippen LogP contribution in [0.2, 0.25) is 0 Å². The van der Waals surface area contributed by atoms with Crippen molar-refractivity contribution in [2.75, 3.05) is 25.8 Å². The molecule has 0 saturated carbocycles. The molecule has 36 heavy (non-hydrogen) atoms. The van der Waals surface area contributed by atoms with Gasteiger partial charge in [0, 0.05) is 41.8 Å². The molecule has 0 radical (unpaired) electrons. The second-order valence-corrected chi connectivity index (χ2v) is 10.1. The number of carbonyl (C=O) groups excluding carboxylic acids is 2. The predicted molar refractivity (Wildman–Crippen MR) is 133 cm³/mol. The third kappa shape index (κ3) is 4.91. The molecule has 0 aliphatic carbocycles. The van der Waals surface area contributed by atoms with Crippen molar-refractivity contribution in [3.63, 3.8) is 0 Å². The van der Waals surface area contributed by atoms with Crippen molar-refractivity contribution in [1.29, 1.82) is 0 Å². The second kappa shape index (κ2) is 9.78. The maximum atomic E-state index is 13.4. The van der Waals surface area contributed by atoms with Crippen LogP contribution in [0.15, 0.2) is 59.8 Å². The van der Waals surface area contributed by atoms with Gasteiger partial charge in [0.05, 0.1) is 30.9 Å². The largest absolute Gasteiger partial charge is 0.495 e. The molecule has 0 saturated heterocycles. The number of benzene rings is 1. The van der Waals surface area contributed by atoms with Crippen molar-refractivity contribution in [3.05, 3.63) is 71.7 Å². The SMILES string of the molecule is COc1cnc2c(c1)c(C(=O)C(=O)Nc1ccnc(OC)c1)c(C)n2Cc1ccc(S(C)(=O)=O)cc1. The van der Waals surface area contributed by atoms with Crippen LogP contribution in [0.25, 0.3) is 11.0 Å². The van der Waals surface area contributed by atoms with Gasteiger partial charge in [0.1, 0.15) is 11.4 Å². The third-order valence-corrected chi connectivity index (χ3v) is 6.82. The molecule has 3 heterocycles. The average Bonchev–Trinajstić information content (AvgIpc) is 3.13. The van der Waals surface area contributed by atoms with Crippen LogP contribution < -0.4 is 14.8 Å². The van der Waals surface area contributed by atoms with Crippen LogP contribution in [-0.2, 0) is 21.2 Å². The van der Waals surface area contributed by atoms with E-state index in [4.69, 9.17) is 9.47 Å². The smallest absolute Gasteiger partial charge is 0.296 e. The fourth-order valence-electron chi connectivity index (χ4n) is 3.84. The molecule has 0 fully saturated rings. The van der Waals surface area contributed by atoms with Crippen LogP contribution in [0, 0.1) is 6.92 Å². The van der Waals surface area contributed by atoms with Crippen molar-refractivity contribution in [3.8, 4) is 11.6 Å². The Morgan fingerprint density at radius 1 is 1.03 bits per heavy atom. The summed E-state index contributed by atoms with van der Waals surface area (Å²) < 4.78 is 35.7. The Kier molecular flexibility index (Phi) is 6.75. The first-order valence-corrected chi connectivity index (χ1v) is 12.7. The molecule has 3 aromatic heterocycles. The van der Waals surface area contributed by atoms with E-state index in [1.165, 1.54) is 44.8 Å². The van der Waals surface area contributed by atoms with Gasteiger partial charge in [-0.05, 0) is 36.8 Å². The highest BCUT2D eigenvalue weighted by Crippen LogP contribution is 2.29. The molecule has 186 valence electrons. The standard InChI is InChI=1S/C25H24N4O6S/c1-15-22(23(30)25(31)28-17-9-10-26-21(11-17)35-3)20-12-18(34-2)13-27-24(20)29(15)14-16-5-7-19(8-6-16)36(4,32)33/h5-13H,14H2,1-4H3,(H,26,28,31). The Morgan fingerprint density at radius 3 is 2.39 bits per heavy atom. The number of nitrogens with one attached hydrogen (secondary N) is 1. The molecule has 1 amide bonds. The summed E-state index contributed by atoms with van der Waals surface area (Å²) in [6, 6.07) is 11.2. The molecule has 10 nitrogen and oxygen atoms in total. The van der Waals surface area contributed by atoms with E-state index in [0.717, 1.165) is 11.8 Å². The Labute approximate surface area is 207 Å². The fraction of sp³-hybridized carbons (Fsp3) is 0.200. The molecule has 0 aliphatic heterocycles. The molecule has 0 spiro atoms. The maximum absolute atomic E-state index is 13.4. The number of pyridine rings is 2. The van der Waals surface area contributed by atoms with Crippen molar-refractivity contribution >= 4 is 38.2 Å². The summed E-state index contributed by atoms with van der Waals surface area (Å²) in [5, 5.41) is 3.05. The minimum Gasteiger partial charge on any atom is -0.495 e. The second-order valence-electron chi connectivity index (χ2n) is 8.08. The van der Waals surface area contributed by atoms with Gasteiger partial charge in [-0.3, -0.25) is 9.59 Å². The monoisotopic (exact) mass is 508 g/mol. The summed E-state index contributed by atoms with van der Waals surface area (Å²) in [7, 11) is -0.386.